The second kappa shape index (κ2) is 9.85. The summed E-state index contributed by atoms with van der Waals surface area (Å²) in [4.78, 5) is 25.2. The van der Waals surface area contributed by atoms with Crippen LogP contribution in [0.5, 0.6) is 0 Å². The molecule has 0 aliphatic heterocycles. The Kier molecular flexibility index (Phi) is 6.31. The minimum Gasteiger partial charge on any atom is -0.480 e. The number of amides is 1. The lowest BCUT2D eigenvalue weighted by molar-refractivity contribution is -0.139. The minimum absolute atomic E-state index is 0.101. The molecule has 4 aromatic carbocycles. The number of rotatable bonds is 7. The van der Waals surface area contributed by atoms with Gasteiger partial charge in [-0.2, -0.15) is 0 Å². The first kappa shape index (κ1) is 22.4. The first-order valence-electron chi connectivity index (χ1n) is 11.6. The predicted molar refractivity (Wildman–Crippen MR) is 134 cm³/mol. The molecule has 0 aromatic heterocycles. The van der Waals surface area contributed by atoms with Gasteiger partial charge in [-0.3, -0.25) is 0 Å². The van der Waals surface area contributed by atoms with E-state index in [-0.39, 0.29) is 12.5 Å². The lowest BCUT2D eigenvalue weighted by atomic mass is 9.85. The number of ether oxygens (including phenoxy) is 1. The van der Waals surface area contributed by atoms with Gasteiger partial charge in [-0.1, -0.05) is 109 Å². The van der Waals surface area contributed by atoms with Crippen molar-refractivity contribution in [2.75, 3.05) is 6.61 Å². The van der Waals surface area contributed by atoms with Gasteiger partial charge in [0.15, 0.2) is 0 Å². The molecule has 5 rings (SSSR count). The molecule has 1 atom stereocenters. The van der Waals surface area contributed by atoms with Crippen molar-refractivity contribution in [1.82, 2.24) is 5.32 Å². The lowest BCUT2D eigenvalue weighted by Gasteiger charge is -2.26. The molecule has 0 saturated heterocycles. The van der Waals surface area contributed by atoms with E-state index in [9.17, 15) is 14.7 Å². The predicted octanol–water partition coefficient (Wildman–Crippen LogP) is 5.81. The third-order valence-electron chi connectivity index (χ3n) is 6.53. The molecule has 0 saturated carbocycles. The van der Waals surface area contributed by atoms with Gasteiger partial charge in [0.25, 0.3) is 0 Å². The first-order valence-corrected chi connectivity index (χ1v) is 11.6. The second-order valence-electron chi connectivity index (χ2n) is 8.58. The lowest BCUT2D eigenvalue weighted by Crippen LogP contribution is -2.45. The zero-order valence-electron chi connectivity index (χ0n) is 19.0. The molecular weight excluding hydrogens is 438 g/mol. The smallest absolute Gasteiger partial charge is 0.407 e. The number of carbonyl (C=O) groups is 2. The summed E-state index contributed by atoms with van der Waals surface area (Å²) in [6, 6.07) is 33.6. The van der Waals surface area contributed by atoms with Crippen LogP contribution in [0.2, 0.25) is 0 Å². The summed E-state index contributed by atoms with van der Waals surface area (Å²) in [5.74, 6) is -1.80. The third-order valence-corrected chi connectivity index (χ3v) is 6.53. The molecule has 35 heavy (non-hydrogen) atoms. The second-order valence-corrected chi connectivity index (χ2v) is 8.58. The first-order chi connectivity index (χ1) is 17.1. The minimum atomic E-state index is -1.20. The van der Waals surface area contributed by atoms with Crippen LogP contribution in [0.25, 0.3) is 11.1 Å². The Morgan fingerprint density at radius 1 is 0.714 bits per heavy atom. The molecule has 0 bridgehead atoms. The molecule has 1 aliphatic carbocycles. The fourth-order valence-corrected chi connectivity index (χ4v) is 4.95. The molecule has 0 radical (unpaired) electrons. The molecule has 5 nitrogen and oxygen atoms in total. The maximum atomic E-state index is 12.9. The van der Waals surface area contributed by atoms with E-state index in [0.717, 1.165) is 33.4 Å². The van der Waals surface area contributed by atoms with Gasteiger partial charge in [-0.15, -0.1) is 0 Å². The monoisotopic (exact) mass is 463 g/mol. The van der Waals surface area contributed by atoms with Crippen molar-refractivity contribution in [3.63, 3.8) is 0 Å². The van der Waals surface area contributed by atoms with Crippen molar-refractivity contribution in [2.24, 2.45) is 0 Å². The molecule has 0 spiro atoms. The summed E-state index contributed by atoms with van der Waals surface area (Å²) in [5, 5.41) is 12.7. The van der Waals surface area contributed by atoms with Gasteiger partial charge in [0, 0.05) is 11.8 Å². The zero-order chi connectivity index (χ0) is 24.2. The highest BCUT2D eigenvalue weighted by atomic mass is 16.5. The Balaban J connectivity index is 1.37. The molecular formula is C30H25NO4. The Morgan fingerprint density at radius 2 is 1.17 bits per heavy atom. The largest absolute Gasteiger partial charge is 0.480 e. The topological polar surface area (TPSA) is 75.6 Å². The van der Waals surface area contributed by atoms with Crippen molar-refractivity contribution in [1.29, 1.82) is 0 Å². The number of hydrogen-bond donors (Lipinski definition) is 2. The molecule has 1 amide bonds. The van der Waals surface area contributed by atoms with Crippen molar-refractivity contribution in [3.8, 4) is 11.1 Å². The molecule has 0 heterocycles. The summed E-state index contributed by atoms with van der Waals surface area (Å²) in [7, 11) is 0. The van der Waals surface area contributed by atoms with Gasteiger partial charge in [0.2, 0.25) is 0 Å². The van der Waals surface area contributed by atoms with Gasteiger partial charge < -0.3 is 15.2 Å². The van der Waals surface area contributed by atoms with Crippen LogP contribution in [-0.2, 0) is 9.53 Å². The van der Waals surface area contributed by atoms with Crippen LogP contribution in [0.4, 0.5) is 4.79 Å². The van der Waals surface area contributed by atoms with Crippen LogP contribution in [0.15, 0.2) is 109 Å². The number of carboxylic acids is 1. The maximum absolute atomic E-state index is 12.9. The van der Waals surface area contributed by atoms with Crippen LogP contribution in [0.1, 0.15) is 34.1 Å². The zero-order valence-corrected chi connectivity index (χ0v) is 19.0. The average Bonchev–Trinajstić information content (AvgIpc) is 3.22. The molecule has 5 heteroatoms. The van der Waals surface area contributed by atoms with Gasteiger partial charge in [-0.25, -0.2) is 9.59 Å². The number of carboxylic acid groups (broad SMARTS) is 1. The average molecular weight is 464 g/mol. The SMILES string of the molecule is O=C(N[C@@H](C(=O)O)C(c1ccccc1)c1ccccc1)OCC1c2ccccc2-c2ccccc21. The van der Waals surface area contributed by atoms with Crippen LogP contribution in [0, 0.1) is 0 Å². The van der Waals surface area contributed by atoms with E-state index in [1.165, 1.54) is 0 Å². The Hall–Kier alpha value is -4.38. The molecule has 1 aliphatic rings. The molecule has 174 valence electrons. The van der Waals surface area contributed by atoms with Crippen molar-refractivity contribution in [3.05, 3.63) is 131 Å². The van der Waals surface area contributed by atoms with Crippen molar-refractivity contribution < 1.29 is 19.4 Å². The number of benzene rings is 4. The van der Waals surface area contributed by atoms with E-state index in [2.05, 4.69) is 17.4 Å². The maximum Gasteiger partial charge on any atom is 0.407 e. The quantitative estimate of drug-likeness (QED) is 0.363. The summed E-state index contributed by atoms with van der Waals surface area (Å²) in [6.45, 7) is 0.119. The summed E-state index contributed by atoms with van der Waals surface area (Å²) in [6.07, 6.45) is -0.754. The van der Waals surface area contributed by atoms with E-state index in [0.29, 0.717) is 0 Å². The summed E-state index contributed by atoms with van der Waals surface area (Å²) < 4.78 is 5.63. The number of carbonyl (C=O) groups excluding carboxylic acids is 1. The molecule has 0 unspecified atom stereocenters. The van der Waals surface area contributed by atoms with Crippen LogP contribution in [0.3, 0.4) is 0 Å². The van der Waals surface area contributed by atoms with Gasteiger partial charge >= 0.3 is 12.1 Å². The number of alkyl carbamates (subject to hydrolysis) is 1. The molecule has 2 N–H and O–H groups in total. The van der Waals surface area contributed by atoms with Crippen molar-refractivity contribution in [2.45, 2.75) is 17.9 Å². The molecule has 4 aromatic rings. The highest BCUT2D eigenvalue weighted by Gasteiger charge is 2.34. The van der Waals surface area contributed by atoms with Crippen LogP contribution in [-0.4, -0.2) is 29.8 Å². The summed E-state index contributed by atoms with van der Waals surface area (Å²) >= 11 is 0. The Bertz CT molecular complexity index is 1250. The highest BCUT2D eigenvalue weighted by Crippen LogP contribution is 2.44. The van der Waals surface area contributed by atoms with E-state index in [4.69, 9.17) is 4.74 Å². The number of fused-ring (bicyclic) bond motifs is 3. The van der Waals surface area contributed by atoms with E-state index >= 15 is 0 Å². The standard InChI is InChI=1S/C30H25NO4/c32-29(33)28(27(20-11-3-1-4-12-20)21-13-5-2-6-14-21)31-30(34)35-19-26-24-17-9-7-15-22(24)23-16-8-10-18-25(23)26/h1-18,26-28H,19H2,(H,31,34)(H,32,33)/t28-/m1/s1. The molecule has 0 fully saturated rings. The Labute approximate surface area is 204 Å². The van der Waals surface area contributed by atoms with E-state index < -0.39 is 24.0 Å². The third kappa shape index (κ3) is 4.53. The fraction of sp³-hybridized carbons (Fsp3) is 0.133. The fourth-order valence-electron chi connectivity index (χ4n) is 4.95. The van der Waals surface area contributed by atoms with E-state index in [1.807, 2.05) is 97.1 Å². The Morgan fingerprint density at radius 3 is 1.66 bits per heavy atom. The van der Waals surface area contributed by atoms with E-state index in [1.54, 1.807) is 0 Å². The van der Waals surface area contributed by atoms with Gasteiger partial charge in [0.05, 0.1) is 0 Å². The van der Waals surface area contributed by atoms with Crippen molar-refractivity contribution >= 4 is 12.1 Å². The number of aliphatic carboxylic acids is 1. The highest BCUT2D eigenvalue weighted by molar-refractivity contribution is 5.82. The van der Waals surface area contributed by atoms with Gasteiger partial charge in [0.1, 0.15) is 12.6 Å². The number of hydrogen-bond acceptors (Lipinski definition) is 3. The van der Waals surface area contributed by atoms with Gasteiger partial charge in [-0.05, 0) is 33.4 Å². The van der Waals surface area contributed by atoms with Crippen LogP contribution >= 0.6 is 0 Å². The summed E-state index contributed by atoms with van der Waals surface area (Å²) in [5.41, 5.74) is 6.06. The number of nitrogens with one attached hydrogen (secondary N) is 1. The normalized spacial score (nSPS) is 13.1. The van der Waals surface area contributed by atoms with Crippen LogP contribution < -0.4 is 5.32 Å².